The van der Waals surface area contributed by atoms with Crippen molar-refractivity contribution in [2.75, 3.05) is 57.6 Å². The summed E-state index contributed by atoms with van der Waals surface area (Å²) in [5.41, 5.74) is 9.01. The molecule has 3 unspecified atom stereocenters. The van der Waals surface area contributed by atoms with Crippen LogP contribution in [0, 0.1) is 5.82 Å². The number of anilines is 2. The molecular formula is C36H43F2N7O3. The Kier molecular flexibility index (Phi) is 8.95. The van der Waals surface area contributed by atoms with E-state index in [-0.39, 0.29) is 35.0 Å². The third kappa shape index (κ3) is 6.19. The second-order valence-corrected chi connectivity index (χ2v) is 13.5. The van der Waals surface area contributed by atoms with Gasteiger partial charge in [-0.05, 0) is 69.6 Å². The molecule has 7 rings (SSSR count). The predicted octanol–water partition coefficient (Wildman–Crippen LogP) is 4.90. The molecule has 0 aliphatic carbocycles. The fourth-order valence-corrected chi connectivity index (χ4v) is 7.64. The number of hydrogen-bond acceptors (Lipinski definition) is 9. The summed E-state index contributed by atoms with van der Waals surface area (Å²) in [6.07, 6.45) is 6.60. The van der Waals surface area contributed by atoms with Crippen molar-refractivity contribution in [1.82, 2.24) is 24.3 Å². The van der Waals surface area contributed by atoms with E-state index in [1.807, 2.05) is 53.9 Å². The van der Waals surface area contributed by atoms with E-state index >= 15 is 8.78 Å². The van der Waals surface area contributed by atoms with Crippen LogP contribution in [0.5, 0.6) is 11.6 Å². The summed E-state index contributed by atoms with van der Waals surface area (Å²) >= 11 is 0. The molecule has 48 heavy (non-hydrogen) atoms. The minimum Gasteiger partial charge on any atom is -0.489 e. The van der Waals surface area contributed by atoms with Gasteiger partial charge in [-0.15, -0.1) is 0 Å². The zero-order valence-corrected chi connectivity index (χ0v) is 27.7. The van der Waals surface area contributed by atoms with Crippen molar-refractivity contribution in [3.63, 3.8) is 0 Å². The number of nitrogen functional groups attached to an aromatic ring is 1. The topological polar surface area (TPSA) is 102 Å². The lowest BCUT2D eigenvalue weighted by Crippen LogP contribution is -2.48. The number of benzene rings is 1. The van der Waals surface area contributed by atoms with E-state index in [0.29, 0.717) is 61.2 Å². The summed E-state index contributed by atoms with van der Waals surface area (Å²) in [5.74, 6) is 0.100. The Balaban J connectivity index is 1.28. The number of nitrogens with zero attached hydrogens (tertiary/aromatic N) is 6. The highest BCUT2D eigenvalue weighted by Gasteiger charge is 2.37. The van der Waals surface area contributed by atoms with Gasteiger partial charge in [0.05, 0.1) is 35.9 Å². The molecule has 4 atom stereocenters. The maximum absolute atomic E-state index is 16.1. The monoisotopic (exact) mass is 659 g/mol. The normalized spacial score (nSPS) is 23.0. The molecule has 2 N–H and O–H groups in total. The van der Waals surface area contributed by atoms with Gasteiger partial charge in [-0.2, -0.15) is 0 Å². The van der Waals surface area contributed by atoms with Gasteiger partial charge in [0.25, 0.3) is 0 Å². The van der Waals surface area contributed by atoms with Gasteiger partial charge in [-0.3, -0.25) is 9.69 Å². The number of nitrogens with two attached hydrogens (primary N) is 1. The Morgan fingerprint density at radius 2 is 1.98 bits per heavy atom. The number of halogens is 2. The van der Waals surface area contributed by atoms with Gasteiger partial charge >= 0.3 is 0 Å². The Labute approximate surface area is 279 Å². The molecule has 0 bridgehead atoms. The number of alkyl halides is 1. The van der Waals surface area contributed by atoms with Crippen LogP contribution in [0.15, 0.2) is 53.7 Å². The van der Waals surface area contributed by atoms with Crippen molar-refractivity contribution in [3.8, 4) is 11.6 Å². The number of aromatic nitrogens is 3. The second kappa shape index (κ2) is 13.3. The van der Waals surface area contributed by atoms with Crippen LogP contribution in [0.3, 0.4) is 0 Å². The van der Waals surface area contributed by atoms with Crippen LogP contribution in [0.1, 0.15) is 54.8 Å². The molecule has 10 nitrogen and oxygen atoms in total. The molecule has 3 aromatic heterocycles. The quantitative estimate of drug-likeness (QED) is 0.283. The van der Waals surface area contributed by atoms with Crippen LogP contribution in [-0.2, 0) is 13.1 Å². The zero-order valence-electron chi connectivity index (χ0n) is 27.7. The lowest BCUT2D eigenvalue weighted by Gasteiger charge is -2.40. The van der Waals surface area contributed by atoms with Crippen molar-refractivity contribution in [2.45, 2.75) is 63.4 Å². The molecule has 0 saturated carbocycles. The molecular weight excluding hydrogens is 616 g/mol. The summed E-state index contributed by atoms with van der Waals surface area (Å²) in [4.78, 5) is 29.4. The Morgan fingerprint density at radius 1 is 1.12 bits per heavy atom. The van der Waals surface area contributed by atoms with Crippen LogP contribution in [0.25, 0.3) is 10.9 Å². The molecule has 2 fully saturated rings. The molecule has 0 spiro atoms. The molecule has 3 aliphatic rings. The Hall–Kier alpha value is -4.29. The summed E-state index contributed by atoms with van der Waals surface area (Å²) in [7, 11) is 3.46. The molecule has 2 saturated heterocycles. The molecule has 254 valence electrons. The van der Waals surface area contributed by atoms with E-state index in [9.17, 15) is 4.79 Å². The van der Waals surface area contributed by atoms with Gasteiger partial charge in [-0.1, -0.05) is 0 Å². The molecule has 12 heteroatoms. The summed E-state index contributed by atoms with van der Waals surface area (Å²) < 4.78 is 45.0. The van der Waals surface area contributed by atoms with E-state index < -0.39 is 17.9 Å². The summed E-state index contributed by atoms with van der Waals surface area (Å²) in [6.45, 7) is 5.76. The van der Waals surface area contributed by atoms with Crippen LogP contribution >= 0.6 is 0 Å². The lowest BCUT2D eigenvalue weighted by molar-refractivity contribution is 0.134. The van der Waals surface area contributed by atoms with Crippen LogP contribution in [0.2, 0.25) is 0 Å². The highest BCUT2D eigenvalue weighted by molar-refractivity contribution is 5.88. The molecule has 0 amide bonds. The van der Waals surface area contributed by atoms with E-state index in [1.54, 1.807) is 19.5 Å². The highest BCUT2D eigenvalue weighted by Crippen LogP contribution is 2.44. The van der Waals surface area contributed by atoms with Gasteiger partial charge < -0.3 is 29.6 Å². The molecule has 6 heterocycles. The van der Waals surface area contributed by atoms with Crippen molar-refractivity contribution in [3.05, 3.63) is 81.7 Å². The first kappa shape index (κ1) is 32.3. The second-order valence-electron chi connectivity index (χ2n) is 13.5. The summed E-state index contributed by atoms with van der Waals surface area (Å²) in [6, 6.07) is 9.00. The predicted molar refractivity (Wildman–Crippen MR) is 182 cm³/mol. The average Bonchev–Trinajstić information content (AvgIpc) is 3.08. The Morgan fingerprint density at radius 3 is 2.75 bits per heavy atom. The van der Waals surface area contributed by atoms with Gasteiger partial charge in [-0.25, -0.2) is 18.7 Å². The van der Waals surface area contributed by atoms with Crippen molar-refractivity contribution in [1.29, 1.82) is 0 Å². The molecule has 0 radical (unpaired) electrons. The average molecular weight is 660 g/mol. The first-order chi connectivity index (χ1) is 23.2. The number of ether oxygens (including phenoxy) is 2. The molecule has 3 aliphatic heterocycles. The third-order valence-electron chi connectivity index (χ3n) is 10.2. The van der Waals surface area contributed by atoms with Crippen LogP contribution in [-0.4, -0.2) is 83.5 Å². The number of likely N-dealkylation sites (tertiary alicyclic amines) is 1. The smallest absolute Gasteiger partial charge is 0.213 e. The molecule has 4 aromatic rings. The first-order valence-corrected chi connectivity index (χ1v) is 16.7. The van der Waals surface area contributed by atoms with E-state index in [4.69, 9.17) is 15.2 Å². The van der Waals surface area contributed by atoms with Gasteiger partial charge in [0.2, 0.25) is 5.88 Å². The van der Waals surface area contributed by atoms with E-state index in [2.05, 4.69) is 19.8 Å². The van der Waals surface area contributed by atoms with Crippen molar-refractivity contribution >= 4 is 22.4 Å². The van der Waals surface area contributed by atoms with Gasteiger partial charge in [0.1, 0.15) is 30.2 Å². The lowest BCUT2D eigenvalue weighted by atomic mass is 9.86. The highest BCUT2D eigenvalue weighted by atomic mass is 19.1. The minimum absolute atomic E-state index is 0.0996. The standard InChI is InChI=1S/C36H43F2N7O3/c1-22-21-48-36-33(27-9-12-42(2)20-30(27)38)29(37)14-28-34(36)45(22)18-24(35(28)46)17-44(16-23-8-10-40-32(13-23)47-3)26-5-4-11-43(19-26)25-6-7-31(39)41-15-25/h6-8,10,13-15,18,22,26-27,30H,4-5,9,11-12,16-17,19-21H2,1-3H3,(H2,39,41)/t22?,26-,27?,30?/m0/s1. The van der Waals surface area contributed by atoms with Gasteiger partial charge in [0.15, 0.2) is 5.43 Å². The molecule has 1 aromatic carbocycles. The number of rotatable bonds is 8. The van der Waals surface area contributed by atoms with E-state index in [1.165, 1.54) is 6.07 Å². The maximum atomic E-state index is 16.1. The SMILES string of the molecule is COc1cc(CN(Cc2cn3c4c(c(C5CCN(C)CC5F)c(F)cc4c2=O)OCC3C)[C@H]2CCCN(c3ccc(N)nc3)C2)ccn1. The first-order valence-electron chi connectivity index (χ1n) is 16.7. The minimum atomic E-state index is -1.23. The van der Waals surface area contributed by atoms with Gasteiger partial charge in [0, 0.05) is 74.3 Å². The van der Waals surface area contributed by atoms with E-state index in [0.717, 1.165) is 37.2 Å². The summed E-state index contributed by atoms with van der Waals surface area (Å²) in [5, 5.41) is 0.266. The van der Waals surface area contributed by atoms with Crippen LogP contribution < -0.4 is 25.5 Å². The largest absolute Gasteiger partial charge is 0.489 e. The van der Waals surface area contributed by atoms with Crippen molar-refractivity contribution < 1.29 is 18.3 Å². The maximum Gasteiger partial charge on any atom is 0.213 e. The Bertz CT molecular complexity index is 1850. The number of methoxy groups -OCH3 is 1. The number of piperidine rings is 2. The third-order valence-corrected chi connectivity index (χ3v) is 10.2. The fraction of sp³-hybridized carbons (Fsp3) is 0.472. The van der Waals surface area contributed by atoms with Crippen molar-refractivity contribution in [2.24, 2.45) is 0 Å². The number of pyridine rings is 3. The fourth-order valence-electron chi connectivity index (χ4n) is 7.64. The number of hydrogen-bond donors (Lipinski definition) is 1. The zero-order chi connectivity index (χ0) is 33.5. The van der Waals surface area contributed by atoms with Crippen LogP contribution in [0.4, 0.5) is 20.3 Å².